The SMILES string of the molecule is COc1cc(/C=C2/NC(=O)N(c3cccc(Cl)c3)C2=O)cc(I)c1O. The van der Waals surface area contributed by atoms with Gasteiger partial charge in [0.15, 0.2) is 11.5 Å². The number of nitrogens with zero attached hydrogens (tertiary/aromatic N) is 1. The highest BCUT2D eigenvalue weighted by Gasteiger charge is 2.35. The fourth-order valence-corrected chi connectivity index (χ4v) is 3.19. The van der Waals surface area contributed by atoms with Gasteiger partial charge in [0.05, 0.1) is 16.4 Å². The summed E-state index contributed by atoms with van der Waals surface area (Å²) in [4.78, 5) is 25.8. The second kappa shape index (κ2) is 6.93. The van der Waals surface area contributed by atoms with E-state index < -0.39 is 11.9 Å². The van der Waals surface area contributed by atoms with Crippen molar-refractivity contribution in [3.8, 4) is 11.5 Å². The number of urea groups is 1. The number of aromatic hydroxyl groups is 1. The molecule has 0 aliphatic carbocycles. The van der Waals surface area contributed by atoms with Crippen molar-refractivity contribution in [1.82, 2.24) is 5.32 Å². The van der Waals surface area contributed by atoms with Crippen LogP contribution in [0, 0.1) is 3.57 Å². The number of carbonyl (C=O) groups excluding carboxylic acids is 2. The lowest BCUT2D eigenvalue weighted by Crippen LogP contribution is -2.30. The number of nitrogens with one attached hydrogen (secondary N) is 1. The zero-order chi connectivity index (χ0) is 18.1. The number of methoxy groups -OCH3 is 1. The molecule has 0 unspecified atom stereocenters. The summed E-state index contributed by atoms with van der Waals surface area (Å²) >= 11 is 7.88. The molecular formula is C17H12ClIN2O4. The van der Waals surface area contributed by atoms with Gasteiger partial charge < -0.3 is 15.2 Å². The van der Waals surface area contributed by atoms with Crippen LogP contribution in [0.5, 0.6) is 11.5 Å². The van der Waals surface area contributed by atoms with Gasteiger partial charge in [-0.15, -0.1) is 0 Å². The molecule has 2 aromatic carbocycles. The molecule has 6 nitrogen and oxygen atoms in total. The van der Waals surface area contributed by atoms with Crippen LogP contribution in [-0.4, -0.2) is 24.2 Å². The Morgan fingerprint density at radius 1 is 1.28 bits per heavy atom. The van der Waals surface area contributed by atoms with E-state index in [0.29, 0.717) is 19.8 Å². The Balaban J connectivity index is 1.97. The molecular weight excluding hydrogens is 459 g/mol. The summed E-state index contributed by atoms with van der Waals surface area (Å²) in [5.74, 6) is -0.191. The lowest BCUT2D eigenvalue weighted by atomic mass is 10.1. The van der Waals surface area contributed by atoms with E-state index >= 15 is 0 Å². The fraction of sp³-hybridized carbons (Fsp3) is 0.0588. The van der Waals surface area contributed by atoms with Crippen LogP contribution in [0.25, 0.3) is 6.08 Å². The summed E-state index contributed by atoms with van der Waals surface area (Å²) in [5.41, 5.74) is 1.11. The van der Waals surface area contributed by atoms with E-state index in [9.17, 15) is 14.7 Å². The van der Waals surface area contributed by atoms with Crippen LogP contribution >= 0.6 is 34.2 Å². The molecule has 2 aromatic rings. The quantitative estimate of drug-likeness (QED) is 0.407. The van der Waals surface area contributed by atoms with E-state index in [1.807, 2.05) is 22.6 Å². The first-order valence-electron chi connectivity index (χ1n) is 7.10. The van der Waals surface area contributed by atoms with Crippen molar-refractivity contribution in [2.24, 2.45) is 0 Å². The molecule has 0 atom stereocenters. The molecule has 1 heterocycles. The average Bonchev–Trinajstić information content (AvgIpc) is 2.84. The minimum absolute atomic E-state index is 0.0209. The largest absolute Gasteiger partial charge is 0.504 e. The first-order chi connectivity index (χ1) is 11.9. The van der Waals surface area contributed by atoms with E-state index in [2.05, 4.69) is 5.32 Å². The summed E-state index contributed by atoms with van der Waals surface area (Å²) in [5, 5.41) is 12.8. The van der Waals surface area contributed by atoms with Crippen LogP contribution in [0.2, 0.25) is 5.02 Å². The molecule has 0 spiro atoms. The van der Waals surface area contributed by atoms with Crippen LogP contribution in [0.1, 0.15) is 5.56 Å². The predicted octanol–water partition coefficient (Wildman–Crippen LogP) is 3.76. The molecule has 0 bridgehead atoms. The van der Waals surface area contributed by atoms with Gasteiger partial charge in [-0.3, -0.25) is 4.79 Å². The molecule has 1 fully saturated rings. The second-order valence-corrected chi connectivity index (χ2v) is 6.76. The number of carbonyl (C=O) groups is 2. The van der Waals surface area contributed by atoms with Gasteiger partial charge >= 0.3 is 6.03 Å². The predicted molar refractivity (Wildman–Crippen MR) is 103 cm³/mol. The Kier molecular flexibility index (Phi) is 4.87. The molecule has 8 heteroatoms. The lowest BCUT2D eigenvalue weighted by molar-refractivity contribution is -0.113. The third-order valence-corrected chi connectivity index (χ3v) is 4.58. The van der Waals surface area contributed by atoms with Crippen LogP contribution in [-0.2, 0) is 4.79 Å². The van der Waals surface area contributed by atoms with Gasteiger partial charge in [0.2, 0.25) is 0 Å². The fourth-order valence-electron chi connectivity index (χ4n) is 2.38. The number of hydrogen-bond donors (Lipinski definition) is 2. The highest BCUT2D eigenvalue weighted by molar-refractivity contribution is 14.1. The van der Waals surface area contributed by atoms with Crippen molar-refractivity contribution in [2.45, 2.75) is 0 Å². The number of phenols is 1. The molecule has 0 aromatic heterocycles. The number of imide groups is 1. The Hall–Kier alpha value is -2.26. The van der Waals surface area contributed by atoms with E-state index in [0.717, 1.165) is 4.90 Å². The summed E-state index contributed by atoms with van der Waals surface area (Å²) in [6, 6.07) is 9.17. The maximum atomic E-state index is 12.6. The van der Waals surface area contributed by atoms with Gasteiger partial charge in [0.25, 0.3) is 5.91 Å². The molecule has 0 radical (unpaired) electrons. The Labute approximate surface area is 162 Å². The van der Waals surface area contributed by atoms with Gasteiger partial charge in [-0.05, 0) is 64.6 Å². The van der Waals surface area contributed by atoms with Crippen molar-refractivity contribution in [1.29, 1.82) is 0 Å². The topological polar surface area (TPSA) is 78.9 Å². The number of hydrogen-bond acceptors (Lipinski definition) is 4. The number of ether oxygens (including phenoxy) is 1. The third kappa shape index (κ3) is 3.42. The van der Waals surface area contributed by atoms with Crippen molar-refractivity contribution in [3.63, 3.8) is 0 Å². The highest BCUT2D eigenvalue weighted by Crippen LogP contribution is 2.33. The first kappa shape index (κ1) is 17.6. The van der Waals surface area contributed by atoms with Crippen molar-refractivity contribution >= 4 is 57.9 Å². The summed E-state index contributed by atoms with van der Waals surface area (Å²) in [6.45, 7) is 0. The normalized spacial score (nSPS) is 15.6. The maximum Gasteiger partial charge on any atom is 0.333 e. The van der Waals surface area contributed by atoms with Crippen molar-refractivity contribution < 1.29 is 19.4 Å². The number of rotatable bonds is 3. The average molecular weight is 471 g/mol. The third-order valence-electron chi connectivity index (χ3n) is 3.53. The van der Waals surface area contributed by atoms with Gasteiger partial charge in [0, 0.05) is 5.02 Å². The number of phenolic OH excluding ortho intramolecular Hbond substituents is 1. The monoisotopic (exact) mass is 470 g/mol. The summed E-state index contributed by atoms with van der Waals surface area (Å²) in [6.07, 6.45) is 1.52. The number of benzene rings is 2. The van der Waals surface area contributed by atoms with Gasteiger partial charge in [-0.2, -0.15) is 0 Å². The molecule has 3 amide bonds. The van der Waals surface area contributed by atoms with Gasteiger partial charge in [-0.1, -0.05) is 17.7 Å². The molecule has 0 saturated carbocycles. The Morgan fingerprint density at radius 3 is 2.72 bits per heavy atom. The molecule has 128 valence electrons. The summed E-state index contributed by atoms with van der Waals surface area (Å²) < 4.78 is 5.66. The smallest absolute Gasteiger partial charge is 0.333 e. The number of amides is 3. The lowest BCUT2D eigenvalue weighted by Gasteiger charge is -2.11. The second-order valence-electron chi connectivity index (χ2n) is 5.16. The van der Waals surface area contributed by atoms with Crippen LogP contribution in [0.4, 0.5) is 10.5 Å². The zero-order valence-corrected chi connectivity index (χ0v) is 15.8. The van der Waals surface area contributed by atoms with Crippen LogP contribution < -0.4 is 15.0 Å². The van der Waals surface area contributed by atoms with E-state index in [-0.39, 0.29) is 17.2 Å². The van der Waals surface area contributed by atoms with Gasteiger partial charge in [0.1, 0.15) is 5.70 Å². The standard InChI is InChI=1S/C17H12ClIN2O4/c1-25-14-7-9(5-12(19)15(14)22)6-13-16(23)21(17(24)20-13)11-4-2-3-10(18)8-11/h2-8,22H,1H3,(H,20,24)/b13-6+. The van der Waals surface area contributed by atoms with Crippen molar-refractivity contribution in [2.75, 3.05) is 12.0 Å². The minimum atomic E-state index is -0.557. The zero-order valence-electron chi connectivity index (χ0n) is 12.9. The maximum absolute atomic E-state index is 12.6. The van der Waals surface area contributed by atoms with Crippen molar-refractivity contribution in [3.05, 3.63) is 56.3 Å². The summed E-state index contributed by atoms with van der Waals surface area (Å²) in [7, 11) is 1.44. The molecule has 2 N–H and O–H groups in total. The molecule has 25 heavy (non-hydrogen) atoms. The van der Waals surface area contributed by atoms with Gasteiger partial charge in [-0.25, -0.2) is 9.69 Å². The molecule has 3 rings (SSSR count). The van der Waals surface area contributed by atoms with E-state index in [1.54, 1.807) is 30.3 Å². The van der Waals surface area contributed by atoms with Crippen LogP contribution in [0.3, 0.4) is 0 Å². The molecule has 1 aliphatic rings. The molecule has 1 saturated heterocycles. The number of anilines is 1. The molecule has 1 aliphatic heterocycles. The highest BCUT2D eigenvalue weighted by atomic mass is 127. The minimum Gasteiger partial charge on any atom is -0.504 e. The van der Waals surface area contributed by atoms with E-state index in [4.69, 9.17) is 16.3 Å². The van der Waals surface area contributed by atoms with Crippen LogP contribution in [0.15, 0.2) is 42.1 Å². The first-order valence-corrected chi connectivity index (χ1v) is 8.55. The number of halogens is 2. The Morgan fingerprint density at radius 2 is 2.04 bits per heavy atom. The van der Waals surface area contributed by atoms with E-state index in [1.165, 1.54) is 19.3 Å². The Bertz CT molecular complexity index is 914.